The molecule has 0 spiro atoms. The van der Waals surface area contributed by atoms with Gasteiger partial charge in [0.15, 0.2) is 0 Å². The molecule has 2 rings (SSSR count). The largest absolute Gasteiger partial charge is 0.480 e. The predicted octanol–water partition coefficient (Wildman–Crippen LogP) is 1.49. The summed E-state index contributed by atoms with van der Waals surface area (Å²) in [6.45, 7) is 1.59. The molecule has 4 nitrogen and oxygen atoms in total. The Balaban J connectivity index is 1.99. The maximum Gasteiger partial charge on any atom is 0.324 e. The molecule has 0 bridgehead atoms. The van der Waals surface area contributed by atoms with E-state index in [9.17, 15) is 9.90 Å². The SMILES string of the molecule is CN(CC1CCCO1)C1(C(=O)O)CCCC1. The zero-order valence-electron chi connectivity index (χ0n) is 9.95. The van der Waals surface area contributed by atoms with Crippen LogP contribution in [0.25, 0.3) is 0 Å². The minimum absolute atomic E-state index is 0.238. The van der Waals surface area contributed by atoms with Crippen molar-refractivity contribution < 1.29 is 14.6 Å². The first-order chi connectivity index (χ1) is 7.65. The van der Waals surface area contributed by atoms with Gasteiger partial charge in [-0.25, -0.2) is 0 Å². The lowest BCUT2D eigenvalue weighted by Crippen LogP contribution is -2.53. The second-order valence-corrected chi connectivity index (χ2v) is 5.06. The zero-order chi connectivity index (χ0) is 11.6. The summed E-state index contributed by atoms with van der Waals surface area (Å²) < 4.78 is 5.57. The van der Waals surface area contributed by atoms with E-state index < -0.39 is 11.5 Å². The normalized spacial score (nSPS) is 28.8. The molecule has 0 aromatic carbocycles. The van der Waals surface area contributed by atoms with Crippen LogP contribution in [0.1, 0.15) is 38.5 Å². The maximum atomic E-state index is 11.5. The molecule has 1 atom stereocenters. The monoisotopic (exact) mass is 227 g/mol. The van der Waals surface area contributed by atoms with Crippen molar-refractivity contribution >= 4 is 5.97 Å². The molecule has 2 fully saturated rings. The van der Waals surface area contributed by atoms with E-state index >= 15 is 0 Å². The van der Waals surface area contributed by atoms with Gasteiger partial charge in [-0.1, -0.05) is 12.8 Å². The van der Waals surface area contributed by atoms with Crippen molar-refractivity contribution in [3.63, 3.8) is 0 Å². The number of carboxylic acids is 1. The van der Waals surface area contributed by atoms with E-state index in [1.165, 1.54) is 0 Å². The first-order valence-electron chi connectivity index (χ1n) is 6.21. The summed E-state index contributed by atoms with van der Waals surface area (Å²) in [6.07, 6.45) is 6.04. The zero-order valence-corrected chi connectivity index (χ0v) is 9.95. The third kappa shape index (κ3) is 2.09. The van der Waals surface area contributed by atoms with E-state index in [1.807, 2.05) is 11.9 Å². The van der Waals surface area contributed by atoms with E-state index in [0.29, 0.717) is 0 Å². The number of carbonyl (C=O) groups is 1. The van der Waals surface area contributed by atoms with Gasteiger partial charge in [0.05, 0.1) is 6.10 Å². The van der Waals surface area contributed by atoms with Crippen LogP contribution in [0.3, 0.4) is 0 Å². The summed E-state index contributed by atoms with van der Waals surface area (Å²) in [5.41, 5.74) is -0.619. The standard InChI is InChI=1S/C12H21NO3/c1-13(9-10-5-4-8-16-10)12(11(14)15)6-2-3-7-12/h10H,2-9H2,1H3,(H,14,15). The number of rotatable bonds is 4. The molecule has 16 heavy (non-hydrogen) atoms. The first kappa shape index (κ1) is 11.9. The number of hydrogen-bond acceptors (Lipinski definition) is 3. The number of carboxylic acid groups (broad SMARTS) is 1. The minimum Gasteiger partial charge on any atom is -0.480 e. The molecule has 0 aromatic heterocycles. The molecule has 0 aromatic rings. The lowest BCUT2D eigenvalue weighted by Gasteiger charge is -2.36. The molecule has 1 N–H and O–H groups in total. The molecule has 1 saturated heterocycles. The number of nitrogens with zero attached hydrogens (tertiary/aromatic N) is 1. The Bertz CT molecular complexity index is 255. The van der Waals surface area contributed by atoms with E-state index in [2.05, 4.69) is 0 Å². The highest BCUT2D eigenvalue weighted by Crippen LogP contribution is 2.35. The Kier molecular flexibility index (Phi) is 3.50. The van der Waals surface area contributed by atoms with Crippen LogP contribution in [0.5, 0.6) is 0 Å². The lowest BCUT2D eigenvalue weighted by atomic mass is 9.95. The smallest absolute Gasteiger partial charge is 0.324 e. The van der Waals surface area contributed by atoms with E-state index in [-0.39, 0.29) is 6.10 Å². The van der Waals surface area contributed by atoms with Crippen LogP contribution >= 0.6 is 0 Å². The third-order valence-electron chi connectivity index (χ3n) is 4.06. The second kappa shape index (κ2) is 4.72. The van der Waals surface area contributed by atoms with Crippen molar-refractivity contribution in [1.82, 2.24) is 4.90 Å². The Morgan fingerprint density at radius 2 is 2.12 bits per heavy atom. The Morgan fingerprint density at radius 3 is 2.62 bits per heavy atom. The molecule has 1 aliphatic carbocycles. The van der Waals surface area contributed by atoms with Crippen LogP contribution < -0.4 is 0 Å². The van der Waals surface area contributed by atoms with Crippen LogP contribution in [-0.4, -0.2) is 47.8 Å². The fourth-order valence-corrected chi connectivity index (χ4v) is 2.99. The maximum absolute atomic E-state index is 11.5. The lowest BCUT2D eigenvalue weighted by molar-refractivity contribution is -0.151. The van der Waals surface area contributed by atoms with Gasteiger partial charge < -0.3 is 9.84 Å². The van der Waals surface area contributed by atoms with Crippen LogP contribution in [0.2, 0.25) is 0 Å². The fraction of sp³-hybridized carbons (Fsp3) is 0.917. The Morgan fingerprint density at radius 1 is 1.44 bits per heavy atom. The van der Waals surface area contributed by atoms with Gasteiger partial charge in [0, 0.05) is 13.2 Å². The average Bonchev–Trinajstić information content (AvgIpc) is 2.87. The summed E-state index contributed by atoms with van der Waals surface area (Å²) in [6, 6.07) is 0. The van der Waals surface area contributed by atoms with Crippen molar-refractivity contribution in [2.24, 2.45) is 0 Å². The van der Waals surface area contributed by atoms with Crippen LogP contribution in [0.4, 0.5) is 0 Å². The Hall–Kier alpha value is -0.610. The molecule has 0 amide bonds. The third-order valence-corrected chi connectivity index (χ3v) is 4.06. The van der Waals surface area contributed by atoms with Crippen molar-refractivity contribution in [2.75, 3.05) is 20.2 Å². The number of likely N-dealkylation sites (N-methyl/N-ethyl adjacent to an activating group) is 1. The molecular weight excluding hydrogens is 206 g/mol. The van der Waals surface area contributed by atoms with Gasteiger partial charge >= 0.3 is 5.97 Å². The van der Waals surface area contributed by atoms with E-state index in [4.69, 9.17) is 4.74 Å². The summed E-state index contributed by atoms with van der Waals surface area (Å²) >= 11 is 0. The molecule has 92 valence electrons. The quantitative estimate of drug-likeness (QED) is 0.790. The molecule has 1 saturated carbocycles. The molecule has 1 aliphatic heterocycles. The summed E-state index contributed by atoms with van der Waals surface area (Å²) in [5, 5.41) is 9.43. The van der Waals surface area contributed by atoms with Crippen molar-refractivity contribution in [1.29, 1.82) is 0 Å². The molecule has 4 heteroatoms. The number of aliphatic carboxylic acids is 1. The van der Waals surface area contributed by atoms with Crippen LogP contribution in [0, 0.1) is 0 Å². The predicted molar refractivity (Wildman–Crippen MR) is 60.4 cm³/mol. The number of ether oxygens (including phenoxy) is 1. The average molecular weight is 227 g/mol. The van der Waals surface area contributed by atoms with Crippen LogP contribution in [-0.2, 0) is 9.53 Å². The summed E-state index contributed by atoms with van der Waals surface area (Å²) in [5.74, 6) is -0.662. The Labute approximate surface area is 96.6 Å². The van der Waals surface area contributed by atoms with Crippen molar-refractivity contribution in [3.8, 4) is 0 Å². The van der Waals surface area contributed by atoms with Gasteiger partial charge in [0.25, 0.3) is 0 Å². The van der Waals surface area contributed by atoms with Gasteiger partial charge in [-0.15, -0.1) is 0 Å². The van der Waals surface area contributed by atoms with Gasteiger partial charge in [0.2, 0.25) is 0 Å². The van der Waals surface area contributed by atoms with Gasteiger partial charge in [-0.05, 0) is 32.7 Å². The highest BCUT2D eigenvalue weighted by atomic mass is 16.5. The summed E-state index contributed by atoms with van der Waals surface area (Å²) in [7, 11) is 1.93. The van der Waals surface area contributed by atoms with E-state index in [1.54, 1.807) is 0 Å². The fourth-order valence-electron chi connectivity index (χ4n) is 2.99. The van der Waals surface area contributed by atoms with Crippen molar-refractivity contribution in [3.05, 3.63) is 0 Å². The summed E-state index contributed by atoms with van der Waals surface area (Å²) in [4.78, 5) is 13.5. The van der Waals surface area contributed by atoms with Gasteiger partial charge in [0.1, 0.15) is 5.54 Å². The molecule has 1 unspecified atom stereocenters. The van der Waals surface area contributed by atoms with Crippen LogP contribution in [0.15, 0.2) is 0 Å². The molecule has 0 radical (unpaired) electrons. The number of hydrogen-bond donors (Lipinski definition) is 1. The first-order valence-corrected chi connectivity index (χ1v) is 6.21. The van der Waals surface area contributed by atoms with Crippen molar-refractivity contribution in [2.45, 2.75) is 50.2 Å². The van der Waals surface area contributed by atoms with Gasteiger partial charge in [-0.3, -0.25) is 9.69 Å². The molecule has 2 aliphatic rings. The second-order valence-electron chi connectivity index (χ2n) is 5.06. The highest BCUT2D eigenvalue weighted by Gasteiger charge is 2.45. The van der Waals surface area contributed by atoms with E-state index in [0.717, 1.165) is 51.7 Å². The minimum atomic E-state index is -0.662. The topological polar surface area (TPSA) is 49.8 Å². The van der Waals surface area contributed by atoms with Gasteiger partial charge in [-0.2, -0.15) is 0 Å². The molecule has 1 heterocycles. The molecular formula is C12H21NO3. The highest BCUT2D eigenvalue weighted by molar-refractivity contribution is 5.79.